The molecular formula is C17H23N5O2S. The van der Waals surface area contributed by atoms with Crippen LogP contribution in [0.2, 0.25) is 0 Å². The van der Waals surface area contributed by atoms with Crippen molar-refractivity contribution in [3.8, 4) is 0 Å². The zero-order valence-corrected chi connectivity index (χ0v) is 15.5. The van der Waals surface area contributed by atoms with Gasteiger partial charge in [0, 0.05) is 24.1 Å². The summed E-state index contributed by atoms with van der Waals surface area (Å²) in [7, 11) is 0. The third-order valence-electron chi connectivity index (χ3n) is 3.48. The Balaban J connectivity index is 1.96. The number of nitrogens with zero attached hydrogens (tertiary/aromatic N) is 3. The number of aromatic nitrogens is 1. The van der Waals surface area contributed by atoms with Gasteiger partial charge in [0.15, 0.2) is 5.96 Å². The number of nitro benzene ring substituents is 1. The molecule has 0 bridgehead atoms. The van der Waals surface area contributed by atoms with Crippen molar-refractivity contribution < 1.29 is 4.92 Å². The van der Waals surface area contributed by atoms with Gasteiger partial charge in [0.1, 0.15) is 5.01 Å². The quantitative estimate of drug-likeness (QED) is 0.341. The number of hydrogen-bond acceptors (Lipinski definition) is 5. The first-order valence-corrected chi connectivity index (χ1v) is 9.07. The van der Waals surface area contributed by atoms with E-state index in [0.717, 1.165) is 22.8 Å². The summed E-state index contributed by atoms with van der Waals surface area (Å²) in [6.45, 7) is 8.07. The first-order valence-electron chi connectivity index (χ1n) is 8.19. The molecule has 0 unspecified atom stereocenters. The second-order valence-corrected chi connectivity index (χ2v) is 6.74. The minimum atomic E-state index is -0.405. The topological polar surface area (TPSA) is 92.5 Å². The lowest BCUT2D eigenvalue weighted by atomic mass is 10.2. The zero-order valence-electron chi connectivity index (χ0n) is 14.7. The number of rotatable bonds is 7. The van der Waals surface area contributed by atoms with Gasteiger partial charge in [-0.05, 0) is 18.4 Å². The molecule has 2 aromatic rings. The average Bonchev–Trinajstić information content (AvgIpc) is 3.07. The Hall–Kier alpha value is -2.48. The second-order valence-electron chi connectivity index (χ2n) is 5.79. The van der Waals surface area contributed by atoms with Crippen molar-refractivity contribution in [1.82, 2.24) is 15.6 Å². The molecule has 0 fully saturated rings. The Bertz CT molecular complexity index is 725. The minimum Gasteiger partial charge on any atom is -0.357 e. The molecule has 1 heterocycles. The largest absolute Gasteiger partial charge is 0.357 e. The Morgan fingerprint density at radius 1 is 1.32 bits per heavy atom. The molecule has 0 spiro atoms. The molecule has 0 atom stereocenters. The van der Waals surface area contributed by atoms with Crippen LogP contribution in [0.3, 0.4) is 0 Å². The van der Waals surface area contributed by atoms with Crippen LogP contribution >= 0.6 is 11.3 Å². The Morgan fingerprint density at radius 2 is 2.04 bits per heavy atom. The molecule has 0 radical (unpaired) electrons. The van der Waals surface area contributed by atoms with Crippen LogP contribution in [0.25, 0.3) is 0 Å². The predicted octanol–water partition coefficient (Wildman–Crippen LogP) is 3.43. The average molecular weight is 361 g/mol. The third kappa shape index (κ3) is 5.82. The molecule has 25 heavy (non-hydrogen) atoms. The Kier molecular flexibility index (Phi) is 6.88. The SMILES string of the molecule is CCNC(=NCc1ccc([N+](=O)[O-])cc1)NCc1nc(C(C)C)cs1. The molecule has 0 amide bonds. The summed E-state index contributed by atoms with van der Waals surface area (Å²) in [5.74, 6) is 1.12. The van der Waals surface area contributed by atoms with Crippen LogP contribution in [0, 0.1) is 10.1 Å². The molecule has 0 aliphatic carbocycles. The molecule has 1 aromatic heterocycles. The van der Waals surface area contributed by atoms with Crippen molar-refractivity contribution >= 4 is 23.0 Å². The van der Waals surface area contributed by atoms with E-state index in [9.17, 15) is 10.1 Å². The van der Waals surface area contributed by atoms with Gasteiger partial charge in [0.2, 0.25) is 0 Å². The van der Waals surface area contributed by atoms with E-state index in [0.29, 0.717) is 25.0 Å². The summed E-state index contributed by atoms with van der Waals surface area (Å²) in [6.07, 6.45) is 0. The van der Waals surface area contributed by atoms with E-state index in [2.05, 4.69) is 39.8 Å². The van der Waals surface area contributed by atoms with Gasteiger partial charge < -0.3 is 10.6 Å². The lowest BCUT2D eigenvalue weighted by Crippen LogP contribution is -2.36. The van der Waals surface area contributed by atoms with Crippen LogP contribution in [-0.2, 0) is 13.1 Å². The summed E-state index contributed by atoms with van der Waals surface area (Å²) in [6, 6.07) is 6.43. The van der Waals surface area contributed by atoms with Gasteiger partial charge in [0.25, 0.3) is 5.69 Å². The Labute approximate surface area is 151 Å². The highest BCUT2D eigenvalue weighted by molar-refractivity contribution is 7.09. The van der Waals surface area contributed by atoms with Crippen LogP contribution in [0.4, 0.5) is 5.69 Å². The molecule has 8 heteroatoms. The number of nitro groups is 1. The maximum atomic E-state index is 10.7. The smallest absolute Gasteiger partial charge is 0.269 e. The van der Waals surface area contributed by atoms with E-state index in [1.165, 1.54) is 12.1 Å². The molecule has 0 aliphatic rings. The van der Waals surface area contributed by atoms with Gasteiger partial charge in [0.05, 0.1) is 23.7 Å². The van der Waals surface area contributed by atoms with Crippen LogP contribution in [-0.4, -0.2) is 22.4 Å². The standard InChI is InChI=1S/C17H23N5O2S/c1-4-18-17(20-10-16-21-15(11-25-16)12(2)3)19-9-13-5-7-14(8-6-13)22(23)24/h5-8,11-12H,4,9-10H2,1-3H3,(H2,18,19,20). The molecular weight excluding hydrogens is 338 g/mol. The number of guanidine groups is 1. The maximum Gasteiger partial charge on any atom is 0.269 e. The number of benzene rings is 1. The second kappa shape index (κ2) is 9.12. The van der Waals surface area contributed by atoms with E-state index >= 15 is 0 Å². The predicted molar refractivity (Wildman–Crippen MR) is 101 cm³/mol. The molecule has 1 aromatic carbocycles. The van der Waals surface area contributed by atoms with Crippen molar-refractivity contribution in [3.05, 3.63) is 56.0 Å². The highest BCUT2D eigenvalue weighted by Crippen LogP contribution is 2.17. The molecule has 2 rings (SSSR count). The van der Waals surface area contributed by atoms with Gasteiger partial charge in [-0.1, -0.05) is 26.0 Å². The highest BCUT2D eigenvalue weighted by Gasteiger charge is 2.07. The van der Waals surface area contributed by atoms with E-state index in [1.807, 2.05) is 6.92 Å². The van der Waals surface area contributed by atoms with Gasteiger partial charge in [-0.3, -0.25) is 10.1 Å². The number of nitrogens with one attached hydrogen (secondary N) is 2. The van der Waals surface area contributed by atoms with Crippen molar-refractivity contribution in [2.75, 3.05) is 6.54 Å². The number of non-ortho nitro benzene ring substituents is 1. The van der Waals surface area contributed by atoms with E-state index in [4.69, 9.17) is 0 Å². The first-order chi connectivity index (χ1) is 12.0. The fourth-order valence-electron chi connectivity index (χ4n) is 2.07. The lowest BCUT2D eigenvalue weighted by molar-refractivity contribution is -0.384. The molecule has 2 N–H and O–H groups in total. The number of hydrogen-bond donors (Lipinski definition) is 2. The van der Waals surface area contributed by atoms with Crippen LogP contribution in [0.15, 0.2) is 34.6 Å². The molecule has 7 nitrogen and oxygen atoms in total. The fraction of sp³-hybridized carbons (Fsp3) is 0.412. The van der Waals surface area contributed by atoms with Crippen molar-refractivity contribution in [2.24, 2.45) is 4.99 Å². The summed E-state index contributed by atoms with van der Waals surface area (Å²) in [5, 5.41) is 20.2. The van der Waals surface area contributed by atoms with Crippen molar-refractivity contribution in [2.45, 2.75) is 39.8 Å². The summed E-state index contributed by atoms with van der Waals surface area (Å²) >= 11 is 1.64. The van der Waals surface area contributed by atoms with E-state index < -0.39 is 4.92 Å². The first kappa shape index (κ1) is 18.9. The van der Waals surface area contributed by atoms with Gasteiger partial charge >= 0.3 is 0 Å². The lowest BCUT2D eigenvalue weighted by Gasteiger charge is -2.10. The Morgan fingerprint density at radius 3 is 2.60 bits per heavy atom. The summed E-state index contributed by atoms with van der Waals surface area (Å²) < 4.78 is 0. The van der Waals surface area contributed by atoms with Crippen molar-refractivity contribution in [1.29, 1.82) is 0 Å². The number of aliphatic imine (C=N–C) groups is 1. The molecule has 0 saturated heterocycles. The van der Waals surface area contributed by atoms with Crippen LogP contribution < -0.4 is 10.6 Å². The summed E-state index contributed by atoms with van der Waals surface area (Å²) in [5.41, 5.74) is 2.11. The monoisotopic (exact) mass is 361 g/mol. The zero-order chi connectivity index (χ0) is 18.2. The van der Waals surface area contributed by atoms with Gasteiger partial charge in [-0.15, -0.1) is 11.3 Å². The maximum absolute atomic E-state index is 10.7. The highest BCUT2D eigenvalue weighted by atomic mass is 32.1. The number of thiazole rings is 1. The minimum absolute atomic E-state index is 0.0856. The van der Waals surface area contributed by atoms with Crippen LogP contribution in [0.5, 0.6) is 0 Å². The molecule has 0 saturated carbocycles. The van der Waals surface area contributed by atoms with Gasteiger partial charge in [-0.25, -0.2) is 9.98 Å². The van der Waals surface area contributed by atoms with E-state index in [-0.39, 0.29) is 5.69 Å². The fourth-order valence-corrected chi connectivity index (χ4v) is 2.96. The van der Waals surface area contributed by atoms with Gasteiger partial charge in [-0.2, -0.15) is 0 Å². The normalized spacial score (nSPS) is 11.6. The molecule has 0 aliphatic heterocycles. The third-order valence-corrected chi connectivity index (χ3v) is 4.35. The van der Waals surface area contributed by atoms with Crippen molar-refractivity contribution in [3.63, 3.8) is 0 Å². The van der Waals surface area contributed by atoms with E-state index in [1.54, 1.807) is 23.5 Å². The van der Waals surface area contributed by atoms with Crippen LogP contribution in [0.1, 0.15) is 43.0 Å². The molecule has 134 valence electrons. The summed E-state index contributed by atoms with van der Waals surface area (Å²) in [4.78, 5) is 19.4.